The number of ketones is 1. The largest absolute Gasteiger partial charge is 0.507 e. The van der Waals surface area contributed by atoms with Crippen LogP contribution in [0.25, 0.3) is 0 Å². The molecule has 2 aliphatic rings. The first-order valence-corrected chi connectivity index (χ1v) is 8.46. The monoisotopic (exact) mass is 334 g/mol. The van der Waals surface area contributed by atoms with E-state index in [2.05, 4.69) is 0 Å². The van der Waals surface area contributed by atoms with E-state index in [4.69, 9.17) is 14.2 Å². The third-order valence-corrected chi connectivity index (χ3v) is 4.84. The zero-order valence-corrected chi connectivity index (χ0v) is 15.1. The van der Waals surface area contributed by atoms with Crippen molar-refractivity contribution in [2.45, 2.75) is 64.6 Å². The summed E-state index contributed by atoms with van der Waals surface area (Å²) in [4.78, 5) is 12.6. The number of hydrogen-bond acceptors (Lipinski definition) is 5. The van der Waals surface area contributed by atoms with Gasteiger partial charge >= 0.3 is 0 Å². The van der Waals surface area contributed by atoms with E-state index in [9.17, 15) is 9.90 Å². The molecular weight excluding hydrogens is 308 g/mol. The van der Waals surface area contributed by atoms with E-state index in [1.807, 2.05) is 27.7 Å². The molecule has 5 nitrogen and oxygen atoms in total. The molecule has 1 N–H and O–H groups in total. The molecular formula is C19H26O5. The molecule has 5 heteroatoms. The van der Waals surface area contributed by atoms with Crippen LogP contribution in [0.2, 0.25) is 0 Å². The number of rotatable bonds is 3. The van der Waals surface area contributed by atoms with Crippen LogP contribution in [0.1, 0.15) is 62.0 Å². The van der Waals surface area contributed by atoms with Gasteiger partial charge in [-0.25, -0.2) is 0 Å². The van der Waals surface area contributed by atoms with Gasteiger partial charge in [0.15, 0.2) is 5.78 Å². The van der Waals surface area contributed by atoms with E-state index >= 15 is 0 Å². The molecule has 24 heavy (non-hydrogen) atoms. The molecule has 0 aromatic heterocycles. The number of hydrogen-bond donors (Lipinski definition) is 1. The fraction of sp³-hybridized carbons (Fsp3) is 0.632. The van der Waals surface area contributed by atoms with Gasteiger partial charge in [-0.15, -0.1) is 0 Å². The molecule has 0 unspecified atom stereocenters. The van der Waals surface area contributed by atoms with Crippen molar-refractivity contribution in [2.75, 3.05) is 13.7 Å². The Morgan fingerprint density at radius 3 is 2.17 bits per heavy atom. The van der Waals surface area contributed by atoms with Crippen molar-refractivity contribution in [1.29, 1.82) is 0 Å². The highest BCUT2D eigenvalue weighted by Crippen LogP contribution is 2.51. The van der Waals surface area contributed by atoms with Crippen molar-refractivity contribution in [3.05, 3.63) is 16.7 Å². The lowest BCUT2D eigenvalue weighted by atomic mass is 9.85. The topological polar surface area (TPSA) is 65.0 Å². The predicted molar refractivity (Wildman–Crippen MR) is 90.4 cm³/mol. The third-order valence-electron chi connectivity index (χ3n) is 4.84. The van der Waals surface area contributed by atoms with Crippen molar-refractivity contribution in [1.82, 2.24) is 0 Å². The molecule has 0 spiro atoms. The molecule has 0 atom stereocenters. The van der Waals surface area contributed by atoms with Crippen molar-refractivity contribution in [3.8, 4) is 17.2 Å². The maximum Gasteiger partial charge on any atom is 0.195 e. The van der Waals surface area contributed by atoms with E-state index in [-0.39, 0.29) is 34.9 Å². The Morgan fingerprint density at radius 1 is 1.04 bits per heavy atom. The number of phenols is 1. The number of carbonyl (C=O) groups is 1. The first-order valence-electron chi connectivity index (χ1n) is 8.46. The van der Waals surface area contributed by atoms with Gasteiger partial charge in [0.1, 0.15) is 40.6 Å². The van der Waals surface area contributed by atoms with Crippen molar-refractivity contribution in [3.63, 3.8) is 0 Å². The van der Waals surface area contributed by atoms with Crippen molar-refractivity contribution >= 4 is 5.78 Å². The molecule has 132 valence electrons. The number of Topliss-reactive ketones (excluding diaryl/α,β-unsaturated/α-hetero) is 1. The second-order valence-electron chi connectivity index (χ2n) is 7.92. The van der Waals surface area contributed by atoms with Crippen LogP contribution in [0.4, 0.5) is 0 Å². The van der Waals surface area contributed by atoms with E-state index < -0.39 is 0 Å². The average Bonchev–Trinajstić information content (AvgIpc) is 2.45. The van der Waals surface area contributed by atoms with E-state index in [0.29, 0.717) is 17.9 Å². The standard InChI is InChI=1S/C19H26O5/c1-18(2)8-6-11-15(21)14(13(20)10-22-5)17-12(16(11)23-18)7-9-19(3,4)24-17/h21H,6-10H2,1-5H3. The lowest BCUT2D eigenvalue weighted by molar-refractivity contribution is 0.0627. The number of fused-ring (bicyclic) bond motifs is 3. The number of methoxy groups -OCH3 is 1. The van der Waals surface area contributed by atoms with Crippen molar-refractivity contribution in [2.24, 2.45) is 0 Å². The highest BCUT2D eigenvalue weighted by molar-refractivity contribution is 6.03. The predicted octanol–water partition coefficient (Wildman–Crippen LogP) is 3.43. The van der Waals surface area contributed by atoms with E-state index in [1.165, 1.54) is 7.11 Å². The molecule has 0 fully saturated rings. The molecule has 1 aromatic carbocycles. The molecule has 1 aromatic rings. The summed E-state index contributed by atoms with van der Waals surface area (Å²) in [7, 11) is 1.47. The Balaban J connectivity index is 2.23. The molecule has 0 radical (unpaired) electrons. The van der Waals surface area contributed by atoms with Crippen molar-refractivity contribution < 1.29 is 24.1 Å². The molecule has 2 aliphatic heterocycles. The van der Waals surface area contributed by atoms with Crippen LogP contribution in [0.3, 0.4) is 0 Å². The number of aromatic hydroxyl groups is 1. The summed E-state index contributed by atoms with van der Waals surface area (Å²) in [5.41, 5.74) is 1.17. The summed E-state index contributed by atoms with van der Waals surface area (Å²) >= 11 is 0. The zero-order valence-electron chi connectivity index (χ0n) is 15.1. The molecule has 0 saturated carbocycles. The normalized spacial score (nSPS) is 20.4. The van der Waals surface area contributed by atoms with Crippen LogP contribution in [-0.4, -0.2) is 35.8 Å². The lowest BCUT2D eigenvalue weighted by Gasteiger charge is -2.39. The van der Waals surface area contributed by atoms with Crippen LogP contribution in [0.15, 0.2) is 0 Å². The number of carbonyl (C=O) groups excluding carboxylic acids is 1. The van der Waals surface area contributed by atoms with Gasteiger partial charge in [0.05, 0.1) is 0 Å². The van der Waals surface area contributed by atoms with Gasteiger partial charge in [0.2, 0.25) is 0 Å². The average molecular weight is 334 g/mol. The van der Waals surface area contributed by atoms with Gasteiger partial charge in [-0.1, -0.05) is 0 Å². The lowest BCUT2D eigenvalue weighted by Crippen LogP contribution is -2.37. The minimum absolute atomic E-state index is 0.0148. The molecule has 0 saturated heterocycles. The Morgan fingerprint density at radius 2 is 1.58 bits per heavy atom. The summed E-state index contributed by atoms with van der Waals surface area (Å²) < 4.78 is 17.3. The SMILES string of the molecule is COCC(=O)c1c(O)c2c(c3c1OC(C)(C)CC3)OC(C)(C)CC2. The van der Waals surface area contributed by atoms with Gasteiger partial charge in [-0.3, -0.25) is 4.79 Å². The van der Waals surface area contributed by atoms with E-state index in [1.54, 1.807) is 0 Å². The minimum Gasteiger partial charge on any atom is -0.507 e. The minimum atomic E-state index is -0.389. The van der Waals surface area contributed by atoms with E-state index in [0.717, 1.165) is 30.4 Å². The first kappa shape index (κ1) is 17.1. The second-order valence-corrected chi connectivity index (χ2v) is 7.92. The quantitative estimate of drug-likeness (QED) is 0.858. The first-order chi connectivity index (χ1) is 11.2. The Labute approximate surface area is 142 Å². The Bertz CT molecular complexity index is 688. The Kier molecular flexibility index (Phi) is 4.03. The van der Waals surface area contributed by atoms with Gasteiger partial charge < -0.3 is 19.3 Å². The Hall–Kier alpha value is -1.75. The maximum atomic E-state index is 12.6. The molecule has 0 bridgehead atoms. The highest BCUT2D eigenvalue weighted by Gasteiger charge is 2.39. The third kappa shape index (κ3) is 2.86. The fourth-order valence-electron chi connectivity index (χ4n) is 3.47. The van der Waals surface area contributed by atoms with Gasteiger partial charge in [0, 0.05) is 18.2 Å². The molecule has 0 amide bonds. The summed E-state index contributed by atoms with van der Waals surface area (Å²) in [6.07, 6.45) is 3.06. The number of benzene rings is 1. The molecule has 3 rings (SSSR count). The number of phenolic OH excluding ortho intramolecular Hbond substituents is 1. The van der Waals surface area contributed by atoms with Gasteiger partial charge in [0.25, 0.3) is 0 Å². The fourth-order valence-corrected chi connectivity index (χ4v) is 3.47. The zero-order chi connectivity index (χ0) is 17.7. The highest BCUT2D eigenvalue weighted by atomic mass is 16.5. The van der Waals surface area contributed by atoms with Crippen LogP contribution in [0, 0.1) is 0 Å². The summed E-state index contributed by atoms with van der Waals surface area (Å²) in [6.45, 7) is 7.96. The smallest absolute Gasteiger partial charge is 0.195 e. The second kappa shape index (κ2) is 5.66. The van der Waals surface area contributed by atoms with Gasteiger partial charge in [-0.05, 0) is 53.4 Å². The number of ether oxygens (including phenoxy) is 3. The molecule has 2 heterocycles. The maximum absolute atomic E-state index is 12.6. The summed E-state index contributed by atoms with van der Waals surface area (Å²) in [6, 6.07) is 0. The van der Waals surface area contributed by atoms with Crippen LogP contribution < -0.4 is 9.47 Å². The van der Waals surface area contributed by atoms with Crippen LogP contribution in [0.5, 0.6) is 17.2 Å². The van der Waals surface area contributed by atoms with Crippen LogP contribution in [-0.2, 0) is 17.6 Å². The summed E-state index contributed by atoms with van der Waals surface area (Å²) in [5.74, 6) is 0.876. The summed E-state index contributed by atoms with van der Waals surface area (Å²) in [5, 5.41) is 10.8. The molecule has 0 aliphatic carbocycles. The van der Waals surface area contributed by atoms with Crippen LogP contribution >= 0.6 is 0 Å². The van der Waals surface area contributed by atoms with Gasteiger partial charge in [-0.2, -0.15) is 0 Å².